The number of nitrogens with zero attached hydrogens (tertiary/aromatic N) is 1. The summed E-state index contributed by atoms with van der Waals surface area (Å²) < 4.78 is 10.0. The average Bonchev–Trinajstić information content (AvgIpc) is 2.91. The van der Waals surface area contributed by atoms with Crippen LogP contribution in [0.25, 0.3) is 0 Å². The molecular weight excluding hydrogens is 380 g/mol. The van der Waals surface area contributed by atoms with Crippen LogP contribution in [0.4, 0.5) is 0 Å². The van der Waals surface area contributed by atoms with Gasteiger partial charge in [0.2, 0.25) is 11.8 Å². The van der Waals surface area contributed by atoms with E-state index in [0.29, 0.717) is 6.29 Å². The number of ether oxygens (including phenoxy) is 2. The number of benzene rings is 1. The molecule has 29 heavy (non-hydrogen) atoms. The number of carbonyl (C=O) groups is 5. The SMILES string of the molecule is COC(C)(C)C.O=CCOc1ccc2c(c1)C(=O)N(C1CCC(=O)NC1=O)C2=O. The molecule has 0 radical (unpaired) electrons. The predicted molar refractivity (Wildman–Crippen MR) is 101 cm³/mol. The van der Waals surface area contributed by atoms with E-state index >= 15 is 0 Å². The number of aldehydes is 1. The Morgan fingerprint density at radius 2 is 1.76 bits per heavy atom. The smallest absolute Gasteiger partial charge is 0.262 e. The van der Waals surface area contributed by atoms with Crippen molar-refractivity contribution in [3.8, 4) is 5.75 Å². The highest BCUT2D eigenvalue weighted by Crippen LogP contribution is 2.30. The van der Waals surface area contributed by atoms with E-state index in [-0.39, 0.29) is 41.9 Å². The molecule has 1 fully saturated rings. The van der Waals surface area contributed by atoms with Crippen molar-refractivity contribution in [1.29, 1.82) is 0 Å². The Bertz CT molecular complexity index is 842. The quantitative estimate of drug-likeness (QED) is 0.589. The maximum absolute atomic E-state index is 12.5. The molecule has 0 aliphatic carbocycles. The molecule has 1 unspecified atom stereocenters. The fourth-order valence-electron chi connectivity index (χ4n) is 2.67. The number of nitrogens with one attached hydrogen (secondary N) is 1. The number of amides is 4. The highest BCUT2D eigenvalue weighted by atomic mass is 16.5. The number of imide groups is 2. The number of methoxy groups -OCH3 is 1. The van der Waals surface area contributed by atoms with Gasteiger partial charge in [-0.3, -0.25) is 34.2 Å². The number of carbonyl (C=O) groups excluding carboxylic acids is 5. The summed E-state index contributed by atoms with van der Waals surface area (Å²) in [4.78, 5) is 59.2. The minimum Gasteiger partial charge on any atom is -0.486 e. The largest absolute Gasteiger partial charge is 0.486 e. The van der Waals surface area contributed by atoms with Gasteiger partial charge in [0, 0.05) is 13.5 Å². The molecule has 9 nitrogen and oxygen atoms in total. The van der Waals surface area contributed by atoms with Gasteiger partial charge in [-0.05, 0) is 45.4 Å². The Balaban J connectivity index is 0.000000438. The maximum Gasteiger partial charge on any atom is 0.262 e. The Labute approximate surface area is 168 Å². The molecule has 1 aromatic rings. The van der Waals surface area contributed by atoms with Crippen LogP contribution in [0.1, 0.15) is 54.3 Å². The summed E-state index contributed by atoms with van der Waals surface area (Å²) >= 11 is 0. The van der Waals surface area contributed by atoms with Crippen molar-refractivity contribution in [3.63, 3.8) is 0 Å². The van der Waals surface area contributed by atoms with Gasteiger partial charge in [0.25, 0.3) is 11.8 Å². The van der Waals surface area contributed by atoms with Crippen LogP contribution in [0.3, 0.4) is 0 Å². The first kappa shape index (κ1) is 22.2. The van der Waals surface area contributed by atoms with Gasteiger partial charge in [-0.1, -0.05) is 0 Å². The van der Waals surface area contributed by atoms with E-state index in [9.17, 15) is 24.0 Å². The molecule has 1 N–H and O–H groups in total. The van der Waals surface area contributed by atoms with E-state index in [1.165, 1.54) is 18.2 Å². The highest BCUT2D eigenvalue weighted by molar-refractivity contribution is 6.23. The Kier molecular flexibility index (Phi) is 6.86. The third kappa shape index (κ3) is 5.26. The van der Waals surface area contributed by atoms with Crippen molar-refractivity contribution in [1.82, 2.24) is 10.2 Å². The van der Waals surface area contributed by atoms with Gasteiger partial charge < -0.3 is 9.47 Å². The Hall–Kier alpha value is -3.07. The third-order valence-corrected chi connectivity index (χ3v) is 4.34. The topological polar surface area (TPSA) is 119 Å². The highest BCUT2D eigenvalue weighted by Gasteiger charge is 2.44. The van der Waals surface area contributed by atoms with Crippen LogP contribution in [-0.2, 0) is 19.1 Å². The zero-order valence-electron chi connectivity index (χ0n) is 16.8. The van der Waals surface area contributed by atoms with Crippen molar-refractivity contribution < 1.29 is 33.4 Å². The van der Waals surface area contributed by atoms with E-state index in [1.54, 1.807) is 7.11 Å². The maximum atomic E-state index is 12.5. The first-order chi connectivity index (χ1) is 13.6. The summed E-state index contributed by atoms with van der Waals surface area (Å²) in [6.45, 7) is 5.89. The van der Waals surface area contributed by atoms with Crippen molar-refractivity contribution >= 4 is 29.9 Å². The van der Waals surface area contributed by atoms with E-state index in [1.807, 2.05) is 20.8 Å². The van der Waals surface area contributed by atoms with E-state index in [0.717, 1.165) is 4.90 Å². The van der Waals surface area contributed by atoms with Gasteiger partial charge in [-0.15, -0.1) is 0 Å². The molecular formula is C20H24N2O7. The second kappa shape index (κ2) is 8.95. The van der Waals surface area contributed by atoms with Crippen LogP contribution in [0.5, 0.6) is 5.75 Å². The van der Waals surface area contributed by atoms with E-state index < -0.39 is 29.7 Å². The van der Waals surface area contributed by atoms with Crippen LogP contribution in [0, 0.1) is 0 Å². The van der Waals surface area contributed by atoms with Gasteiger partial charge in [0.05, 0.1) is 16.7 Å². The molecule has 0 aromatic heterocycles. The Morgan fingerprint density at radius 3 is 2.31 bits per heavy atom. The summed E-state index contributed by atoms with van der Waals surface area (Å²) in [5.41, 5.74) is 0.321. The normalized spacial score (nSPS) is 18.6. The molecule has 2 heterocycles. The first-order valence-electron chi connectivity index (χ1n) is 9.06. The molecule has 0 spiro atoms. The lowest BCUT2D eigenvalue weighted by molar-refractivity contribution is -0.136. The number of hydrogen-bond donors (Lipinski definition) is 1. The fraction of sp³-hybridized carbons (Fsp3) is 0.450. The average molecular weight is 404 g/mol. The molecule has 1 atom stereocenters. The van der Waals surface area contributed by atoms with Crippen molar-refractivity contribution in [2.24, 2.45) is 0 Å². The second-order valence-electron chi connectivity index (χ2n) is 7.45. The molecule has 0 bridgehead atoms. The number of fused-ring (bicyclic) bond motifs is 1. The van der Waals surface area contributed by atoms with E-state index in [4.69, 9.17) is 9.47 Å². The molecule has 0 saturated carbocycles. The lowest BCUT2D eigenvalue weighted by Crippen LogP contribution is -2.54. The number of rotatable bonds is 4. The summed E-state index contributed by atoms with van der Waals surface area (Å²) in [5, 5.41) is 2.13. The summed E-state index contributed by atoms with van der Waals surface area (Å²) in [7, 11) is 1.71. The lowest BCUT2D eigenvalue weighted by Gasteiger charge is -2.27. The second-order valence-corrected chi connectivity index (χ2v) is 7.45. The number of piperidine rings is 1. The van der Waals surface area contributed by atoms with Crippen molar-refractivity contribution in [2.45, 2.75) is 45.3 Å². The molecule has 3 rings (SSSR count). The van der Waals surface area contributed by atoms with E-state index in [2.05, 4.69) is 5.32 Å². The molecule has 4 amide bonds. The van der Waals surface area contributed by atoms with Gasteiger partial charge in [0.15, 0.2) is 6.29 Å². The van der Waals surface area contributed by atoms with Gasteiger partial charge in [-0.25, -0.2) is 0 Å². The molecule has 2 aliphatic heterocycles. The lowest BCUT2D eigenvalue weighted by atomic mass is 10.0. The summed E-state index contributed by atoms with van der Waals surface area (Å²) in [6.07, 6.45) is 0.734. The van der Waals surface area contributed by atoms with Crippen LogP contribution < -0.4 is 10.1 Å². The monoisotopic (exact) mass is 404 g/mol. The fourth-order valence-corrected chi connectivity index (χ4v) is 2.67. The van der Waals surface area contributed by atoms with Gasteiger partial charge in [-0.2, -0.15) is 0 Å². The molecule has 1 saturated heterocycles. The van der Waals surface area contributed by atoms with Crippen LogP contribution in [0.15, 0.2) is 18.2 Å². The van der Waals surface area contributed by atoms with Gasteiger partial charge in [0.1, 0.15) is 18.4 Å². The summed E-state index contributed by atoms with van der Waals surface area (Å²) in [6, 6.07) is 3.26. The third-order valence-electron chi connectivity index (χ3n) is 4.34. The number of hydrogen-bond acceptors (Lipinski definition) is 7. The molecule has 1 aromatic carbocycles. The van der Waals surface area contributed by atoms with Gasteiger partial charge >= 0.3 is 0 Å². The zero-order chi connectivity index (χ0) is 21.8. The van der Waals surface area contributed by atoms with Crippen molar-refractivity contribution in [2.75, 3.05) is 13.7 Å². The first-order valence-corrected chi connectivity index (χ1v) is 9.06. The van der Waals surface area contributed by atoms with Crippen molar-refractivity contribution in [3.05, 3.63) is 29.3 Å². The molecule has 2 aliphatic rings. The molecule has 156 valence electrons. The van der Waals surface area contributed by atoms with Crippen LogP contribution in [-0.4, -0.2) is 60.2 Å². The molecule has 9 heteroatoms. The van der Waals surface area contributed by atoms with Crippen LogP contribution in [0.2, 0.25) is 0 Å². The Morgan fingerprint density at radius 1 is 1.14 bits per heavy atom. The standard InChI is InChI=1S/C15H12N2O6.C5H12O/c18-5-6-23-8-1-2-9-10(7-8)15(22)17(14(9)21)11-3-4-12(19)16-13(11)20;1-5(2,3)6-4/h1-2,5,7,11H,3-4,6H2,(H,16,19,20);1-4H3. The minimum atomic E-state index is -1.00. The predicted octanol–water partition coefficient (Wildman–Crippen LogP) is 1.10. The van der Waals surface area contributed by atoms with Crippen LogP contribution >= 0.6 is 0 Å². The summed E-state index contributed by atoms with van der Waals surface area (Å²) in [5.74, 6) is -2.00. The minimum absolute atomic E-state index is 0.0417. The zero-order valence-corrected chi connectivity index (χ0v) is 16.8.